The van der Waals surface area contributed by atoms with Gasteiger partial charge in [-0.3, -0.25) is 14.1 Å². The summed E-state index contributed by atoms with van der Waals surface area (Å²) in [6.07, 6.45) is 0.194. The molecular weight excluding hydrogens is 403 g/mol. The summed E-state index contributed by atoms with van der Waals surface area (Å²) in [5.74, 6) is -2.55. The summed E-state index contributed by atoms with van der Waals surface area (Å²) < 4.78 is 50.5. The molecule has 0 aliphatic rings. The van der Waals surface area contributed by atoms with Gasteiger partial charge < -0.3 is 10.1 Å². The number of halogens is 1. The first-order valence-electron chi connectivity index (χ1n) is 8.67. The molecule has 0 aliphatic carbocycles. The van der Waals surface area contributed by atoms with E-state index in [1.165, 1.54) is 24.3 Å². The summed E-state index contributed by atoms with van der Waals surface area (Å²) >= 11 is 0. The van der Waals surface area contributed by atoms with Crippen molar-refractivity contribution in [3.8, 4) is 0 Å². The van der Waals surface area contributed by atoms with Gasteiger partial charge in [-0.1, -0.05) is 42.5 Å². The van der Waals surface area contributed by atoms with E-state index >= 15 is 0 Å². The van der Waals surface area contributed by atoms with Gasteiger partial charge in [0, 0.05) is 6.54 Å². The van der Waals surface area contributed by atoms with Crippen molar-refractivity contribution in [1.82, 2.24) is 10.0 Å². The average molecular weight is 424 g/mol. The SMILES string of the molecule is O=C(CNC(=O)C(CNS(=O)(=O)O)Cc1ccccc1)OCc1ccc(F)cc1. The van der Waals surface area contributed by atoms with E-state index in [-0.39, 0.29) is 19.6 Å². The van der Waals surface area contributed by atoms with E-state index in [0.717, 1.165) is 5.56 Å². The summed E-state index contributed by atoms with van der Waals surface area (Å²) in [4.78, 5) is 24.2. The Hall–Kier alpha value is -2.82. The van der Waals surface area contributed by atoms with E-state index in [1.54, 1.807) is 30.3 Å². The highest BCUT2D eigenvalue weighted by molar-refractivity contribution is 7.83. The maximum absolute atomic E-state index is 12.8. The second-order valence-corrected chi connectivity index (χ2v) is 7.45. The van der Waals surface area contributed by atoms with Gasteiger partial charge in [0.05, 0.1) is 5.92 Å². The summed E-state index contributed by atoms with van der Waals surface area (Å²) in [6.45, 7) is -0.839. The number of esters is 1. The number of carbonyl (C=O) groups is 2. The highest BCUT2D eigenvalue weighted by atomic mass is 32.2. The van der Waals surface area contributed by atoms with Crippen LogP contribution in [0.25, 0.3) is 0 Å². The van der Waals surface area contributed by atoms with Gasteiger partial charge in [-0.15, -0.1) is 0 Å². The summed E-state index contributed by atoms with van der Waals surface area (Å²) in [6, 6.07) is 14.3. The Morgan fingerprint density at radius 3 is 2.31 bits per heavy atom. The highest BCUT2D eigenvalue weighted by Gasteiger charge is 2.21. The van der Waals surface area contributed by atoms with Gasteiger partial charge >= 0.3 is 16.3 Å². The smallest absolute Gasteiger partial charge is 0.333 e. The maximum atomic E-state index is 12.8. The molecule has 8 nitrogen and oxygen atoms in total. The van der Waals surface area contributed by atoms with Gasteiger partial charge in [0.2, 0.25) is 5.91 Å². The third-order valence-electron chi connectivity index (χ3n) is 3.93. The zero-order valence-corrected chi connectivity index (χ0v) is 16.2. The lowest BCUT2D eigenvalue weighted by molar-refractivity contribution is -0.145. The third-order valence-corrected chi connectivity index (χ3v) is 4.46. The van der Waals surface area contributed by atoms with Gasteiger partial charge in [-0.25, -0.2) is 4.39 Å². The van der Waals surface area contributed by atoms with Gasteiger partial charge in [0.15, 0.2) is 0 Å². The molecule has 0 saturated carbocycles. The maximum Gasteiger partial charge on any atom is 0.333 e. The number of carbonyl (C=O) groups excluding carboxylic acids is 2. The molecule has 0 spiro atoms. The van der Waals surface area contributed by atoms with Gasteiger partial charge in [0.1, 0.15) is 19.0 Å². The molecule has 156 valence electrons. The van der Waals surface area contributed by atoms with Crippen molar-refractivity contribution >= 4 is 22.2 Å². The molecule has 0 bridgehead atoms. The first kappa shape index (κ1) is 22.5. The fraction of sp³-hybridized carbons (Fsp3) is 0.263. The molecule has 0 fully saturated rings. The van der Waals surface area contributed by atoms with Crippen LogP contribution in [0, 0.1) is 11.7 Å². The Bertz CT molecular complexity index is 919. The zero-order valence-electron chi connectivity index (χ0n) is 15.4. The fourth-order valence-electron chi connectivity index (χ4n) is 2.46. The van der Waals surface area contributed by atoms with E-state index in [0.29, 0.717) is 5.56 Å². The minimum Gasteiger partial charge on any atom is -0.460 e. The molecule has 0 aliphatic heterocycles. The fourth-order valence-corrected chi connectivity index (χ4v) is 2.87. The first-order chi connectivity index (χ1) is 13.7. The lowest BCUT2D eigenvalue weighted by atomic mass is 9.98. The Morgan fingerprint density at radius 2 is 1.69 bits per heavy atom. The van der Waals surface area contributed by atoms with Crippen molar-refractivity contribution in [3.63, 3.8) is 0 Å². The van der Waals surface area contributed by atoms with E-state index in [1.807, 2.05) is 4.72 Å². The van der Waals surface area contributed by atoms with Crippen LogP contribution >= 0.6 is 0 Å². The van der Waals surface area contributed by atoms with Crippen molar-refractivity contribution in [3.05, 3.63) is 71.5 Å². The Morgan fingerprint density at radius 1 is 1.03 bits per heavy atom. The zero-order chi connectivity index (χ0) is 21.3. The minimum absolute atomic E-state index is 0.0766. The van der Waals surface area contributed by atoms with Crippen LogP contribution in [-0.4, -0.2) is 37.9 Å². The van der Waals surface area contributed by atoms with Crippen LogP contribution in [0.5, 0.6) is 0 Å². The number of amides is 1. The van der Waals surface area contributed by atoms with Crippen molar-refractivity contribution in [1.29, 1.82) is 0 Å². The van der Waals surface area contributed by atoms with Crippen molar-refractivity contribution in [2.45, 2.75) is 13.0 Å². The monoisotopic (exact) mass is 424 g/mol. The summed E-state index contributed by atoms with van der Waals surface area (Å²) in [5, 5.41) is 2.39. The second-order valence-electron chi connectivity index (χ2n) is 6.22. The molecule has 1 atom stereocenters. The molecule has 0 saturated heterocycles. The largest absolute Gasteiger partial charge is 0.460 e. The predicted molar refractivity (Wildman–Crippen MR) is 102 cm³/mol. The molecule has 0 aromatic heterocycles. The molecule has 1 amide bonds. The lowest BCUT2D eigenvalue weighted by Crippen LogP contribution is -2.41. The molecule has 2 aromatic rings. The molecule has 0 heterocycles. The van der Waals surface area contributed by atoms with Gasteiger partial charge in [0.25, 0.3) is 0 Å². The number of hydrogen-bond acceptors (Lipinski definition) is 5. The standard InChI is InChI=1S/C19H21FN2O6S/c20-17-8-6-15(7-9-17)13-28-18(23)12-21-19(24)16(11-22-29(25,26)27)10-14-4-2-1-3-5-14/h1-9,16,22H,10-13H2,(H,21,24)(H,25,26,27). The molecule has 10 heteroatoms. The lowest BCUT2D eigenvalue weighted by Gasteiger charge is -2.16. The summed E-state index contributed by atoms with van der Waals surface area (Å²) in [5.41, 5.74) is 1.37. The van der Waals surface area contributed by atoms with Crippen molar-refractivity contribution < 1.29 is 31.7 Å². The van der Waals surface area contributed by atoms with Crippen LogP contribution in [0.2, 0.25) is 0 Å². The second kappa shape index (κ2) is 10.6. The molecule has 3 N–H and O–H groups in total. The normalized spacial score (nSPS) is 12.2. The first-order valence-corrected chi connectivity index (χ1v) is 10.1. The van der Waals surface area contributed by atoms with Crippen LogP contribution in [0.1, 0.15) is 11.1 Å². The Labute approximate surface area is 168 Å². The van der Waals surface area contributed by atoms with Crippen LogP contribution in [0.15, 0.2) is 54.6 Å². The number of rotatable bonds is 10. The molecule has 2 rings (SSSR count). The molecule has 2 aromatic carbocycles. The Kier molecular flexibility index (Phi) is 8.25. The van der Waals surface area contributed by atoms with Crippen molar-refractivity contribution in [2.75, 3.05) is 13.1 Å². The van der Waals surface area contributed by atoms with Crippen LogP contribution < -0.4 is 10.0 Å². The van der Waals surface area contributed by atoms with Gasteiger partial charge in [-0.2, -0.15) is 13.1 Å². The van der Waals surface area contributed by atoms with E-state index in [9.17, 15) is 22.4 Å². The van der Waals surface area contributed by atoms with Crippen LogP contribution in [0.4, 0.5) is 4.39 Å². The summed E-state index contributed by atoms with van der Waals surface area (Å²) in [7, 11) is -4.47. The van der Waals surface area contributed by atoms with Crippen molar-refractivity contribution in [2.24, 2.45) is 5.92 Å². The van der Waals surface area contributed by atoms with Crippen LogP contribution in [-0.2, 0) is 37.7 Å². The number of ether oxygens (including phenoxy) is 1. The topological polar surface area (TPSA) is 122 Å². The highest BCUT2D eigenvalue weighted by Crippen LogP contribution is 2.09. The molecule has 1 unspecified atom stereocenters. The Balaban J connectivity index is 1.88. The van der Waals surface area contributed by atoms with E-state index < -0.39 is 40.5 Å². The number of hydrogen-bond donors (Lipinski definition) is 3. The minimum atomic E-state index is -4.47. The third kappa shape index (κ3) is 8.81. The molecule has 0 radical (unpaired) electrons. The van der Waals surface area contributed by atoms with Crippen LogP contribution in [0.3, 0.4) is 0 Å². The van der Waals surface area contributed by atoms with E-state index in [2.05, 4.69) is 5.32 Å². The molecule has 29 heavy (non-hydrogen) atoms. The molecular formula is C19H21FN2O6S. The van der Waals surface area contributed by atoms with Gasteiger partial charge in [-0.05, 0) is 29.7 Å². The predicted octanol–water partition coefficient (Wildman–Crippen LogP) is 1.24. The number of benzene rings is 2. The van der Waals surface area contributed by atoms with E-state index in [4.69, 9.17) is 9.29 Å². The quantitative estimate of drug-likeness (QED) is 0.390. The number of nitrogens with one attached hydrogen (secondary N) is 2. The average Bonchev–Trinajstić information content (AvgIpc) is 2.69.